The van der Waals surface area contributed by atoms with Gasteiger partial charge >= 0.3 is 12.1 Å². The van der Waals surface area contributed by atoms with Gasteiger partial charge in [0.1, 0.15) is 5.75 Å². The van der Waals surface area contributed by atoms with Crippen molar-refractivity contribution in [2.24, 2.45) is 0 Å². The molecular weight excluding hydrogens is 303 g/mol. The molecule has 1 aromatic carbocycles. The highest BCUT2D eigenvalue weighted by Crippen LogP contribution is 2.38. The summed E-state index contributed by atoms with van der Waals surface area (Å²) in [6.07, 6.45) is -3.60. The van der Waals surface area contributed by atoms with Crippen LogP contribution < -0.4 is 10.3 Å². The lowest BCUT2D eigenvalue weighted by Crippen LogP contribution is -2.11. The Hall–Kier alpha value is -2.77. The van der Waals surface area contributed by atoms with E-state index in [1.165, 1.54) is 6.07 Å². The lowest BCUT2D eigenvalue weighted by Gasteiger charge is -2.14. The number of rotatable bonds is 3. The number of ether oxygens (including phenoxy) is 1. The summed E-state index contributed by atoms with van der Waals surface area (Å²) in [5.41, 5.74) is -2.11. The number of H-pyrrole nitrogens is 1. The predicted molar refractivity (Wildman–Crippen MR) is 71.0 cm³/mol. The zero-order valence-corrected chi connectivity index (χ0v) is 11.2. The van der Waals surface area contributed by atoms with Gasteiger partial charge in [-0.1, -0.05) is 6.07 Å². The molecule has 8 heteroatoms. The number of halogens is 3. The number of carboxylic acids is 1. The van der Waals surface area contributed by atoms with E-state index in [1.807, 2.05) is 0 Å². The molecule has 2 rings (SSSR count). The molecule has 0 amide bonds. The lowest BCUT2D eigenvalue weighted by atomic mass is 9.99. The molecule has 0 aliphatic heterocycles. The average Bonchev–Trinajstić information content (AvgIpc) is 2.45. The van der Waals surface area contributed by atoms with Gasteiger partial charge in [0.2, 0.25) is 5.56 Å². The van der Waals surface area contributed by atoms with E-state index in [0.717, 1.165) is 31.5 Å². The molecule has 0 radical (unpaired) electrons. The van der Waals surface area contributed by atoms with E-state index in [2.05, 4.69) is 9.72 Å². The Morgan fingerprint density at radius 3 is 2.50 bits per heavy atom. The van der Waals surface area contributed by atoms with Crippen molar-refractivity contribution in [3.8, 4) is 16.9 Å². The molecule has 0 bridgehead atoms. The first kappa shape index (κ1) is 15.6. The molecule has 116 valence electrons. The maximum atomic E-state index is 13.0. The van der Waals surface area contributed by atoms with E-state index >= 15 is 0 Å². The second kappa shape index (κ2) is 5.55. The fourth-order valence-corrected chi connectivity index (χ4v) is 1.98. The van der Waals surface area contributed by atoms with E-state index < -0.39 is 23.3 Å². The van der Waals surface area contributed by atoms with Gasteiger partial charge in [-0.15, -0.1) is 0 Å². The molecule has 2 aromatic rings. The third-order valence-electron chi connectivity index (χ3n) is 2.97. The highest BCUT2D eigenvalue weighted by atomic mass is 19.4. The SMILES string of the molecule is COc1ccc(-c2c[nH]c(=O)cc2C(=O)O)cc1C(F)(F)F. The Labute approximate surface area is 122 Å². The molecule has 0 aliphatic carbocycles. The van der Waals surface area contributed by atoms with Crippen molar-refractivity contribution in [3.63, 3.8) is 0 Å². The molecule has 0 saturated carbocycles. The van der Waals surface area contributed by atoms with E-state index in [-0.39, 0.29) is 22.4 Å². The molecule has 0 unspecified atom stereocenters. The van der Waals surface area contributed by atoms with Gasteiger partial charge in [-0.2, -0.15) is 13.2 Å². The fraction of sp³-hybridized carbons (Fsp3) is 0.143. The first-order valence-electron chi connectivity index (χ1n) is 5.95. The summed E-state index contributed by atoms with van der Waals surface area (Å²) in [7, 11) is 1.10. The molecular formula is C14H10F3NO4. The van der Waals surface area contributed by atoms with Crippen LogP contribution in [-0.4, -0.2) is 23.2 Å². The third kappa shape index (κ3) is 2.95. The minimum absolute atomic E-state index is 0.00164. The predicted octanol–water partition coefficient (Wildman–Crippen LogP) is 2.77. The largest absolute Gasteiger partial charge is 0.496 e. The molecule has 0 atom stereocenters. The van der Waals surface area contributed by atoms with E-state index in [9.17, 15) is 22.8 Å². The number of carbonyl (C=O) groups is 1. The first-order valence-corrected chi connectivity index (χ1v) is 5.95. The van der Waals surface area contributed by atoms with Crippen molar-refractivity contribution in [3.05, 3.63) is 51.9 Å². The smallest absolute Gasteiger partial charge is 0.419 e. The van der Waals surface area contributed by atoms with Crippen LogP contribution in [0.3, 0.4) is 0 Å². The Morgan fingerprint density at radius 1 is 1.27 bits per heavy atom. The number of methoxy groups -OCH3 is 1. The molecule has 1 aromatic heterocycles. The van der Waals surface area contributed by atoms with Crippen LogP contribution in [-0.2, 0) is 6.18 Å². The number of alkyl halides is 3. The van der Waals surface area contributed by atoms with Crippen LogP contribution in [0.15, 0.2) is 35.3 Å². The lowest BCUT2D eigenvalue weighted by molar-refractivity contribution is -0.138. The van der Waals surface area contributed by atoms with Crippen molar-refractivity contribution in [2.45, 2.75) is 6.18 Å². The van der Waals surface area contributed by atoms with Gasteiger partial charge < -0.3 is 14.8 Å². The van der Waals surface area contributed by atoms with Gasteiger partial charge in [0.25, 0.3) is 0 Å². The summed E-state index contributed by atoms with van der Waals surface area (Å²) in [5.74, 6) is -1.79. The van der Waals surface area contributed by atoms with Gasteiger partial charge in [0, 0.05) is 17.8 Å². The third-order valence-corrected chi connectivity index (χ3v) is 2.97. The zero-order valence-electron chi connectivity index (χ0n) is 11.2. The number of aromatic amines is 1. The van der Waals surface area contributed by atoms with E-state index in [1.54, 1.807) is 0 Å². The quantitative estimate of drug-likeness (QED) is 0.913. The molecule has 0 spiro atoms. The van der Waals surface area contributed by atoms with Crippen LogP contribution in [0.2, 0.25) is 0 Å². The molecule has 2 N–H and O–H groups in total. The van der Waals surface area contributed by atoms with Crippen molar-refractivity contribution in [2.75, 3.05) is 7.11 Å². The molecule has 0 aliphatic rings. The summed E-state index contributed by atoms with van der Waals surface area (Å²) < 4.78 is 43.7. The summed E-state index contributed by atoms with van der Waals surface area (Å²) in [5, 5.41) is 9.08. The highest BCUT2D eigenvalue weighted by Gasteiger charge is 2.34. The van der Waals surface area contributed by atoms with Crippen LogP contribution in [0.5, 0.6) is 5.75 Å². The Balaban J connectivity index is 2.69. The number of benzene rings is 1. The molecule has 0 saturated heterocycles. The maximum absolute atomic E-state index is 13.0. The van der Waals surface area contributed by atoms with Crippen LogP contribution >= 0.6 is 0 Å². The van der Waals surface area contributed by atoms with Gasteiger partial charge in [0.05, 0.1) is 18.2 Å². The average molecular weight is 313 g/mol. The number of aromatic carboxylic acids is 1. The fourth-order valence-electron chi connectivity index (χ4n) is 1.98. The van der Waals surface area contributed by atoms with Crippen LogP contribution in [0.1, 0.15) is 15.9 Å². The Kier molecular flexibility index (Phi) is 3.94. The Bertz CT molecular complexity index is 780. The molecule has 22 heavy (non-hydrogen) atoms. The standard InChI is InChI=1S/C14H10F3NO4/c1-22-11-3-2-7(4-10(11)14(15,16)17)9-6-18-12(19)5-8(9)13(20)21/h2-6H,1H3,(H,18,19)(H,20,21). The van der Waals surface area contributed by atoms with Crippen molar-refractivity contribution in [1.82, 2.24) is 4.98 Å². The second-order valence-electron chi connectivity index (χ2n) is 4.34. The van der Waals surface area contributed by atoms with Gasteiger partial charge in [-0.05, 0) is 17.7 Å². The Morgan fingerprint density at radius 2 is 1.95 bits per heavy atom. The number of aromatic nitrogens is 1. The first-order chi connectivity index (χ1) is 10.2. The number of carboxylic acid groups (broad SMARTS) is 1. The van der Waals surface area contributed by atoms with Crippen LogP contribution in [0, 0.1) is 0 Å². The number of pyridine rings is 1. The monoisotopic (exact) mass is 313 g/mol. The second-order valence-corrected chi connectivity index (χ2v) is 4.34. The maximum Gasteiger partial charge on any atom is 0.419 e. The zero-order chi connectivity index (χ0) is 16.5. The normalized spacial score (nSPS) is 11.3. The number of hydrogen-bond donors (Lipinski definition) is 2. The molecule has 5 nitrogen and oxygen atoms in total. The van der Waals surface area contributed by atoms with Gasteiger partial charge in [-0.3, -0.25) is 4.79 Å². The van der Waals surface area contributed by atoms with Crippen molar-refractivity contribution >= 4 is 5.97 Å². The summed E-state index contributed by atoms with van der Waals surface area (Å²) in [6, 6.07) is 3.97. The van der Waals surface area contributed by atoms with Gasteiger partial charge in [0.15, 0.2) is 0 Å². The molecule has 0 fully saturated rings. The number of hydrogen-bond acceptors (Lipinski definition) is 3. The minimum atomic E-state index is -4.66. The van der Waals surface area contributed by atoms with Crippen LogP contribution in [0.25, 0.3) is 11.1 Å². The summed E-state index contributed by atoms with van der Waals surface area (Å²) >= 11 is 0. The summed E-state index contributed by atoms with van der Waals surface area (Å²) in [4.78, 5) is 24.6. The van der Waals surface area contributed by atoms with Gasteiger partial charge in [-0.25, -0.2) is 4.79 Å². The van der Waals surface area contributed by atoms with Crippen molar-refractivity contribution < 1.29 is 27.8 Å². The minimum Gasteiger partial charge on any atom is -0.496 e. The van der Waals surface area contributed by atoms with Crippen molar-refractivity contribution in [1.29, 1.82) is 0 Å². The topological polar surface area (TPSA) is 79.4 Å². The molecule has 1 heterocycles. The van der Waals surface area contributed by atoms with E-state index in [0.29, 0.717) is 0 Å². The van der Waals surface area contributed by atoms with Crippen LogP contribution in [0.4, 0.5) is 13.2 Å². The summed E-state index contributed by atoms with van der Waals surface area (Å²) in [6.45, 7) is 0. The van der Waals surface area contributed by atoms with E-state index in [4.69, 9.17) is 5.11 Å². The highest BCUT2D eigenvalue weighted by molar-refractivity contribution is 5.95. The number of nitrogens with one attached hydrogen (secondary N) is 1.